The molecule has 1 atom stereocenters. The van der Waals surface area contributed by atoms with Crippen molar-refractivity contribution in [3.63, 3.8) is 0 Å². The van der Waals surface area contributed by atoms with Crippen molar-refractivity contribution in [2.45, 2.75) is 44.6 Å². The number of likely N-dealkylation sites (tertiary alicyclic amines) is 1. The Kier molecular flexibility index (Phi) is 5.23. The molecule has 27 heavy (non-hydrogen) atoms. The minimum Gasteiger partial charge on any atom is -0.351 e. The number of rotatable bonds is 5. The van der Waals surface area contributed by atoms with Crippen LogP contribution in [0.5, 0.6) is 0 Å². The molecule has 1 heterocycles. The average molecular weight is 362 g/mol. The number of carbonyl (C=O) groups is 2. The van der Waals surface area contributed by atoms with Gasteiger partial charge in [-0.3, -0.25) is 9.59 Å². The largest absolute Gasteiger partial charge is 0.351 e. The van der Waals surface area contributed by atoms with Crippen LogP contribution in [0, 0.1) is 0 Å². The second-order valence-corrected chi connectivity index (χ2v) is 7.61. The minimum atomic E-state index is -0.0261. The molecule has 1 unspecified atom stereocenters. The van der Waals surface area contributed by atoms with E-state index in [2.05, 4.69) is 29.6 Å². The van der Waals surface area contributed by atoms with Gasteiger partial charge in [-0.25, -0.2) is 0 Å². The molecule has 1 aliphatic carbocycles. The quantitative estimate of drug-likeness (QED) is 0.882. The molecule has 4 nitrogen and oxygen atoms in total. The Labute approximate surface area is 160 Å². The standard InChI is InChI=1S/C23H26N2O2/c26-22-9-4-14-25(22)16-17-10-12-19(13-11-17)23(27)24-15-20-7-3-6-18-5-1-2-8-21(18)20/h1-2,5,8,10-13,20H,3-4,6-7,9,14-16H2,(H,24,27). The van der Waals surface area contributed by atoms with Crippen LogP contribution in [0.1, 0.15) is 58.6 Å². The zero-order chi connectivity index (χ0) is 18.6. The minimum absolute atomic E-state index is 0.0261. The van der Waals surface area contributed by atoms with Gasteiger partial charge in [0, 0.05) is 37.5 Å². The van der Waals surface area contributed by atoms with E-state index in [9.17, 15) is 9.59 Å². The van der Waals surface area contributed by atoms with E-state index >= 15 is 0 Å². The smallest absolute Gasteiger partial charge is 0.251 e. The Balaban J connectivity index is 1.34. The lowest BCUT2D eigenvalue weighted by atomic mass is 9.83. The molecule has 2 amide bonds. The summed E-state index contributed by atoms with van der Waals surface area (Å²) >= 11 is 0. The van der Waals surface area contributed by atoms with Crippen LogP contribution in [0.3, 0.4) is 0 Å². The highest BCUT2D eigenvalue weighted by molar-refractivity contribution is 5.94. The number of hydrogen-bond acceptors (Lipinski definition) is 2. The summed E-state index contributed by atoms with van der Waals surface area (Å²) in [6.07, 6.45) is 5.05. The molecule has 1 aliphatic heterocycles. The van der Waals surface area contributed by atoms with E-state index in [1.54, 1.807) is 0 Å². The van der Waals surface area contributed by atoms with Crippen LogP contribution in [0.2, 0.25) is 0 Å². The Morgan fingerprint density at radius 3 is 2.63 bits per heavy atom. The molecule has 4 rings (SSSR count). The summed E-state index contributed by atoms with van der Waals surface area (Å²) in [5, 5.41) is 3.11. The van der Waals surface area contributed by atoms with Gasteiger partial charge in [0.05, 0.1) is 0 Å². The van der Waals surface area contributed by atoms with Gasteiger partial charge in [-0.2, -0.15) is 0 Å². The summed E-state index contributed by atoms with van der Waals surface area (Å²) in [6.45, 7) is 2.16. The second kappa shape index (κ2) is 7.95. The van der Waals surface area contributed by atoms with Crippen LogP contribution in [0.4, 0.5) is 0 Å². The molecule has 0 saturated carbocycles. The third-order valence-electron chi connectivity index (χ3n) is 5.76. The van der Waals surface area contributed by atoms with Crippen molar-refractivity contribution >= 4 is 11.8 Å². The van der Waals surface area contributed by atoms with Crippen LogP contribution in [0.25, 0.3) is 0 Å². The highest BCUT2D eigenvalue weighted by atomic mass is 16.2. The van der Waals surface area contributed by atoms with Crippen molar-refractivity contribution in [1.82, 2.24) is 10.2 Å². The summed E-state index contributed by atoms with van der Waals surface area (Å²) < 4.78 is 0. The predicted octanol–water partition coefficient (Wildman–Crippen LogP) is 3.66. The Hall–Kier alpha value is -2.62. The topological polar surface area (TPSA) is 49.4 Å². The summed E-state index contributed by atoms with van der Waals surface area (Å²) in [6, 6.07) is 16.2. The number of nitrogens with zero attached hydrogens (tertiary/aromatic N) is 1. The summed E-state index contributed by atoms with van der Waals surface area (Å²) in [7, 11) is 0. The molecule has 1 fully saturated rings. The van der Waals surface area contributed by atoms with Crippen LogP contribution in [-0.2, 0) is 17.8 Å². The maximum Gasteiger partial charge on any atom is 0.251 e. The number of fused-ring (bicyclic) bond motifs is 1. The molecule has 2 aliphatic rings. The molecule has 2 aromatic rings. The molecule has 0 spiro atoms. The van der Waals surface area contributed by atoms with E-state index < -0.39 is 0 Å². The van der Waals surface area contributed by atoms with Crippen LogP contribution in [0.15, 0.2) is 48.5 Å². The first kappa shape index (κ1) is 17.8. The molecule has 1 N–H and O–H groups in total. The molecule has 0 radical (unpaired) electrons. The van der Waals surface area contributed by atoms with E-state index in [-0.39, 0.29) is 11.8 Å². The van der Waals surface area contributed by atoms with Gasteiger partial charge in [-0.05, 0) is 54.5 Å². The maximum atomic E-state index is 12.5. The molecule has 140 valence electrons. The van der Waals surface area contributed by atoms with E-state index in [0.717, 1.165) is 31.4 Å². The SMILES string of the molecule is O=C(NCC1CCCc2ccccc21)c1ccc(CN2CCCC2=O)cc1. The van der Waals surface area contributed by atoms with Gasteiger partial charge in [-0.1, -0.05) is 36.4 Å². The molecule has 4 heteroatoms. The van der Waals surface area contributed by atoms with Gasteiger partial charge in [0.1, 0.15) is 0 Å². The first-order valence-electron chi connectivity index (χ1n) is 9.93. The normalized spacial score (nSPS) is 19.0. The number of nitrogens with one attached hydrogen (secondary N) is 1. The van der Waals surface area contributed by atoms with Crippen molar-refractivity contribution in [3.05, 3.63) is 70.8 Å². The average Bonchev–Trinajstić information content (AvgIpc) is 3.11. The second-order valence-electron chi connectivity index (χ2n) is 7.61. The fourth-order valence-corrected chi connectivity index (χ4v) is 4.24. The molecular formula is C23H26N2O2. The Bertz CT molecular complexity index is 829. The first-order valence-corrected chi connectivity index (χ1v) is 9.93. The van der Waals surface area contributed by atoms with Crippen molar-refractivity contribution in [2.75, 3.05) is 13.1 Å². The van der Waals surface area contributed by atoms with Gasteiger partial charge in [0.25, 0.3) is 5.91 Å². The zero-order valence-corrected chi connectivity index (χ0v) is 15.6. The molecule has 0 bridgehead atoms. The third kappa shape index (κ3) is 4.05. The highest BCUT2D eigenvalue weighted by Crippen LogP contribution is 2.30. The van der Waals surface area contributed by atoms with E-state index in [1.807, 2.05) is 29.2 Å². The van der Waals surface area contributed by atoms with Gasteiger partial charge in [0.2, 0.25) is 5.91 Å². The zero-order valence-electron chi connectivity index (χ0n) is 15.6. The molecule has 2 aromatic carbocycles. The van der Waals surface area contributed by atoms with Gasteiger partial charge in [-0.15, -0.1) is 0 Å². The summed E-state index contributed by atoms with van der Waals surface area (Å²) in [5.41, 5.74) is 4.55. The highest BCUT2D eigenvalue weighted by Gasteiger charge is 2.21. The fourth-order valence-electron chi connectivity index (χ4n) is 4.24. The number of amides is 2. The number of benzene rings is 2. The number of aryl methyl sites for hydroxylation is 1. The van der Waals surface area contributed by atoms with Crippen molar-refractivity contribution in [2.24, 2.45) is 0 Å². The van der Waals surface area contributed by atoms with Gasteiger partial charge >= 0.3 is 0 Å². The van der Waals surface area contributed by atoms with Crippen LogP contribution < -0.4 is 5.32 Å². The molecular weight excluding hydrogens is 336 g/mol. The lowest BCUT2D eigenvalue weighted by molar-refractivity contribution is -0.128. The van der Waals surface area contributed by atoms with Crippen LogP contribution >= 0.6 is 0 Å². The van der Waals surface area contributed by atoms with E-state index in [1.165, 1.54) is 17.5 Å². The predicted molar refractivity (Wildman–Crippen MR) is 106 cm³/mol. The lowest BCUT2D eigenvalue weighted by Gasteiger charge is -2.25. The Morgan fingerprint density at radius 2 is 1.85 bits per heavy atom. The molecule has 0 aromatic heterocycles. The van der Waals surface area contributed by atoms with Crippen molar-refractivity contribution in [1.29, 1.82) is 0 Å². The molecule has 1 saturated heterocycles. The lowest BCUT2D eigenvalue weighted by Crippen LogP contribution is -2.30. The van der Waals surface area contributed by atoms with Crippen molar-refractivity contribution < 1.29 is 9.59 Å². The summed E-state index contributed by atoms with van der Waals surface area (Å²) in [4.78, 5) is 26.2. The fraction of sp³-hybridized carbons (Fsp3) is 0.391. The number of hydrogen-bond donors (Lipinski definition) is 1. The van der Waals surface area contributed by atoms with Gasteiger partial charge in [0.15, 0.2) is 0 Å². The third-order valence-corrected chi connectivity index (χ3v) is 5.76. The Morgan fingerprint density at radius 1 is 1.04 bits per heavy atom. The van der Waals surface area contributed by atoms with E-state index in [0.29, 0.717) is 31.0 Å². The van der Waals surface area contributed by atoms with Crippen molar-refractivity contribution in [3.8, 4) is 0 Å². The van der Waals surface area contributed by atoms with E-state index in [4.69, 9.17) is 0 Å². The van der Waals surface area contributed by atoms with Gasteiger partial charge < -0.3 is 10.2 Å². The maximum absolute atomic E-state index is 12.5. The monoisotopic (exact) mass is 362 g/mol. The number of carbonyl (C=O) groups excluding carboxylic acids is 2. The first-order chi connectivity index (χ1) is 13.2. The summed E-state index contributed by atoms with van der Waals surface area (Å²) in [5.74, 6) is 0.603. The van der Waals surface area contributed by atoms with Crippen LogP contribution in [-0.4, -0.2) is 29.8 Å².